The van der Waals surface area contributed by atoms with Gasteiger partial charge >= 0.3 is 29.6 Å². The Morgan fingerprint density at radius 3 is 2.10 bits per heavy atom. The van der Waals surface area contributed by atoms with Crippen LogP contribution in [-0.4, -0.2) is 98.8 Å². The van der Waals surface area contributed by atoms with Crippen LogP contribution >= 0.6 is 74.7 Å². The maximum Gasteiger partial charge on any atom is 1.00 e. The first-order chi connectivity index (χ1) is 27.9. The number of nitrogens with one attached hydrogen (secondary N) is 2. The number of alkyl halides is 1. The molecule has 0 amide bonds. The molecule has 1 aromatic heterocycles. The van der Waals surface area contributed by atoms with E-state index in [2.05, 4.69) is 69.3 Å². The number of nitrogens with zero attached hydrogens (tertiary/aromatic N) is 5. The molecule has 0 spiro atoms. The molecule has 4 heterocycles. The van der Waals surface area contributed by atoms with Gasteiger partial charge in [-0.15, -0.1) is 12.4 Å². The number of hydrogen-bond acceptors (Lipinski definition) is 8. The molecule has 2 N–H and O–H groups in total. The van der Waals surface area contributed by atoms with E-state index in [0.29, 0.717) is 20.1 Å². The van der Waals surface area contributed by atoms with Crippen molar-refractivity contribution in [1.29, 1.82) is 0 Å². The minimum atomic E-state index is 0. The summed E-state index contributed by atoms with van der Waals surface area (Å²) in [5.74, 6) is 1.84. The van der Waals surface area contributed by atoms with Gasteiger partial charge in [-0.25, -0.2) is 0 Å². The molecule has 2 saturated heterocycles. The minimum Gasteiger partial charge on any atom is -1.00 e. The number of aromatic amines is 1. The molecule has 328 valence electrons. The molecule has 2 fully saturated rings. The molecule has 0 bridgehead atoms. The molecule has 3 aliphatic heterocycles. The summed E-state index contributed by atoms with van der Waals surface area (Å²) in [5, 5.41) is 14.9. The first-order valence-electron chi connectivity index (χ1n) is 19.6. The van der Waals surface area contributed by atoms with Crippen LogP contribution in [-0.2, 0) is 6.54 Å². The van der Waals surface area contributed by atoms with Gasteiger partial charge in [0.2, 0.25) is 0 Å². The Morgan fingerprint density at radius 2 is 1.38 bits per heavy atom. The van der Waals surface area contributed by atoms with E-state index in [-0.39, 0.29) is 73.4 Å². The number of ether oxygens (including phenoxy) is 2. The Kier molecular flexibility index (Phi) is 27.6. The van der Waals surface area contributed by atoms with Gasteiger partial charge in [0.25, 0.3) is 0 Å². The van der Waals surface area contributed by atoms with Crippen molar-refractivity contribution >= 4 is 103 Å². The summed E-state index contributed by atoms with van der Waals surface area (Å²) < 4.78 is 11.5. The summed E-state index contributed by atoms with van der Waals surface area (Å²) in [6.07, 6.45) is 8.03. The van der Waals surface area contributed by atoms with Crippen LogP contribution in [0, 0.1) is 0 Å². The average molecular weight is 1120 g/mol. The topological polar surface area (TPSA) is 81.2 Å². The van der Waals surface area contributed by atoms with Gasteiger partial charge in [-0.05, 0) is 104 Å². The number of hydrogen-bond donors (Lipinski definition) is 2. The van der Waals surface area contributed by atoms with Crippen molar-refractivity contribution < 1.29 is 63.0 Å². The molecule has 0 aliphatic carbocycles. The Balaban J connectivity index is 0.000000332. The van der Waals surface area contributed by atoms with Crippen LogP contribution in [0.25, 0.3) is 10.9 Å². The summed E-state index contributed by atoms with van der Waals surface area (Å²) in [6.45, 7) is 11.5. The summed E-state index contributed by atoms with van der Waals surface area (Å²) in [5.41, 5.74) is 5.57. The monoisotopic (exact) mass is 1120 g/mol. The number of benzene rings is 4. The van der Waals surface area contributed by atoms with Gasteiger partial charge < -0.3 is 53.5 Å². The second kappa shape index (κ2) is 30.1. The quantitative estimate of drug-likeness (QED) is 0.0785. The summed E-state index contributed by atoms with van der Waals surface area (Å²) in [4.78, 5) is 11.4. The molecule has 61 heavy (non-hydrogen) atoms. The van der Waals surface area contributed by atoms with Gasteiger partial charge in [0.15, 0.2) is 0 Å². The van der Waals surface area contributed by atoms with E-state index in [0.717, 1.165) is 143 Å². The van der Waals surface area contributed by atoms with Crippen molar-refractivity contribution in [2.45, 2.75) is 39.7 Å². The fourth-order valence-electron chi connectivity index (χ4n) is 6.90. The molecule has 8 rings (SSSR count). The van der Waals surface area contributed by atoms with Crippen molar-refractivity contribution in [3.05, 3.63) is 110 Å². The van der Waals surface area contributed by atoms with Crippen molar-refractivity contribution in [1.82, 2.24) is 20.4 Å². The second-order valence-corrected chi connectivity index (χ2v) is 16.3. The third-order valence-corrected chi connectivity index (χ3v) is 12.1. The molecule has 3 aliphatic rings. The predicted molar refractivity (Wildman–Crippen MR) is 258 cm³/mol. The van der Waals surface area contributed by atoms with Crippen LogP contribution in [0.15, 0.2) is 84.0 Å². The van der Waals surface area contributed by atoms with Crippen LogP contribution in [0.1, 0.15) is 44.2 Å². The van der Waals surface area contributed by atoms with E-state index >= 15 is 0 Å². The smallest absolute Gasteiger partial charge is 1.00 e. The molecule has 17 heteroatoms. The van der Waals surface area contributed by atoms with Gasteiger partial charge in [-0.1, -0.05) is 81.9 Å². The number of anilines is 2. The van der Waals surface area contributed by atoms with E-state index in [1.54, 1.807) is 6.20 Å². The van der Waals surface area contributed by atoms with Gasteiger partial charge in [0.1, 0.15) is 11.5 Å². The molecular weight excluding hydrogens is 1070 g/mol. The summed E-state index contributed by atoms with van der Waals surface area (Å²) >= 11 is 28.1. The summed E-state index contributed by atoms with van der Waals surface area (Å²) in [7, 11) is 0. The normalized spacial score (nSPS) is 14.5. The molecule has 0 saturated carbocycles. The molecular formula is C44H55BrCl5IN7NaO2. The van der Waals surface area contributed by atoms with E-state index < -0.39 is 0 Å². The van der Waals surface area contributed by atoms with Crippen molar-refractivity contribution in [2.75, 3.05) is 87.2 Å². The minimum absolute atomic E-state index is 0. The van der Waals surface area contributed by atoms with Crippen LogP contribution in [0.5, 0.6) is 11.5 Å². The summed E-state index contributed by atoms with van der Waals surface area (Å²) in [6, 6.07) is 23.8. The Bertz CT molecular complexity index is 2060. The van der Waals surface area contributed by atoms with Crippen molar-refractivity contribution in [3.63, 3.8) is 0 Å². The molecule has 0 radical (unpaired) electrons. The fourth-order valence-corrected chi connectivity index (χ4v) is 7.96. The maximum atomic E-state index is 6.40. The van der Waals surface area contributed by atoms with E-state index in [1.165, 1.54) is 11.1 Å². The molecule has 5 aromatic rings. The molecule has 0 unspecified atom stereocenters. The second-order valence-electron chi connectivity index (χ2n) is 14.0. The van der Waals surface area contributed by atoms with Crippen LogP contribution in [0.2, 0.25) is 20.1 Å². The zero-order chi connectivity index (χ0) is 39.8. The first kappa shape index (κ1) is 55.9. The third kappa shape index (κ3) is 17.3. The van der Waals surface area contributed by atoms with Gasteiger partial charge in [-0.2, -0.15) is 5.10 Å². The van der Waals surface area contributed by atoms with Gasteiger partial charge in [0, 0.05) is 68.8 Å². The fraction of sp³-hybridized carbons (Fsp3) is 0.409. The van der Waals surface area contributed by atoms with E-state index in [9.17, 15) is 0 Å². The Morgan fingerprint density at radius 1 is 0.721 bits per heavy atom. The average Bonchev–Trinajstić information content (AvgIpc) is 3.73. The van der Waals surface area contributed by atoms with Crippen LogP contribution < -0.4 is 78.1 Å². The molecule has 9 nitrogen and oxygen atoms in total. The van der Waals surface area contributed by atoms with Crippen molar-refractivity contribution in [2.24, 2.45) is 4.99 Å². The Labute approximate surface area is 435 Å². The maximum absolute atomic E-state index is 6.40. The zero-order valence-electron chi connectivity index (χ0n) is 33.8. The van der Waals surface area contributed by atoms with E-state index in [1.807, 2.05) is 60.8 Å². The zero-order valence-corrected chi connectivity index (χ0v) is 43.4. The molecule has 0 atom stereocenters. The number of fused-ring (bicyclic) bond motifs is 2. The standard InChI is InChI=1S/C22H25Cl2N3O.C11H14Cl2N2.C10H11BrN2O.CH4.ClH.HI.Na/c23-20-4-1-5-21(22(20)24)27-10-2-8-26(11-12-27)9-3-13-28-19-7-6-17-15-25-16-18(17)14-19;12-9-3-1-4-10(11(9)13)15-7-2-5-14-6-8-15;11-4-1-5-14-9-3-2-8-7-12-13-10(8)6-9;;;;/h1,4-7,14-15H,2-3,8-13,16H2;1,3-4,14H,2,5-8H2;2-3,6-7H,1,4-5H2,(H,12,13);1H4;2*1H;/q;;;;;;+1/p-1. The third-order valence-electron chi connectivity index (χ3n) is 9.93. The predicted octanol–water partition coefficient (Wildman–Crippen LogP) is 5.49. The van der Waals surface area contributed by atoms with Gasteiger partial charge in [0.05, 0.1) is 62.9 Å². The Hall–Kier alpha value is -1.20. The SMILES string of the molecule is BrCCCOc1ccc2cn[nH]c2c1.C.Cl.Clc1cccc(N2CCCN(CCCOc3ccc4c(c3)CN=C4)CC2)c1Cl.Clc1cccc(N2CCCNCC2)c1Cl.[I-].[Na+]. The van der Waals surface area contributed by atoms with E-state index in [4.69, 9.17) is 55.9 Å². The first-order valence-corrected chi connectivity index (χ1v) is 22.2. The number of aromatic nitrogens is 2. The number of rotatable bonds is 11. The molecule has 4 aromatic carbocycles. The van der Waals surface area contributed by atoms with Crippen LogP contribution in [0.3, 0.4) is 0 Å². The number of H-pyrrole nitrogens is 1. The van der Waals surface area contributed by atoms with Crippen LogP contribution in [0.4, 0.5) is 11.4 Å². The number of halogens is 7. The number of aliphatic imine (C=N–C) groups is 1. The van der Waals surface area contributed by atoms with Gasteiger partial charge in [-0.3, -0.25) is 10.1 Å². The largest absolute Gasteiger partial charge is 1.00 e. The van der Waals surface area contributed by atoms with Crippen molar-refractivity contribution in [3.8, 4) is 11.5 Å².